The van der Waals surface area contributed by atoms with Gasteiger partial charge in [-0.3, -0.25) is 9.20 Å². The molecule has 3 aromatic rings. The fraction of sp³-hybridized carbons (Fsp3) is 0.409. The van der Waals surface area contributed by atoms with E-state index in [-0.39, 0.29) is 17.8 Å². The highest BCUT2D eigenvalue weighted by atomic mass is 35.5. The second kappa shape index (κ2) is 8.41. The highest BCUT2D eigenvalue weighted by molar-refractivity contribution is 6.33. The lowest BCUT2D eigenvalue weighted by molar-refractivity contribution is -0.149. The molecule has 0 atom stereocenters. The van der Waals surface area contributed by atoms with Crippen molar-refractivity contribution in [1.82, 2.24) is 14.4 Å². The third-order valence-corrected chi connectivity index (χ3v) is 5.73. The van der Waals surface area contributed by atoms with E-state index in [1.54, 1.807) is 6.20 Å². The molecule has 0 amide bonds. The minimum atomic E-state index is -0.154. The van der Waals surface area contributed by atoms with Crippen LogP contribution in [0.1, 0.15) is 44.3 Å². The molecular weight excluding hydrogens is 390 g/mol. The van der Waals surface area contributed by atoms with Crippen LogP contribution in [0.4, 0.5) is 0 Å². The molecule has 0 unspecified atom stereocenters. The molecule has 0 bridgehead atoms. The molecule has 6 nitrogen and oxygen atoms in total. The number of fused-ring (bicyclic) bond motifs is 1. The van der Waals surface area contributed by atoms with Crippen molar-refractivity contribution in [2.24, 2.45) is 5.92 Å². The summed E-state index contributed by atoms with van der Waals surface area (Å²) in [6, 6.07) is 7.90. The zero-order valence-corrected chi connectivity index (χ0v) is 17.4. The Balaban J connectivity index is 1.69. The van der Waals surface area contributed by atoms with Crippen molar-refractivity contribution in [1.29, 1.82) is 0 Å². The number of unbranched alkanes of at least 4 members (excludes halogenated alkanes) is 1. The van der Waals surface area contributed by atoms with Crippen molar-refractivity contribution >= 4 is 23.1 Å². The summed E-state index contributed by atoms with van der Waals surface area (Å²) in [5.41, 5.74) is 2.48. The van der Waals surface area contributed by atoms with Crippen LogP contribution in [0.3, 0.4) is 0 Å². The van der Waals surface area contributed by atoms with Crippen LogP contribution in [0.15, 0.2) is 36.7 Å². The van der Waals surface area contributed by atoms with Crippen molar-refractivity contribution in [3.63, 3.8) is 0 Å². The second-order valence-electron chi connectivity index (χ2n) is 7.37. The van der Waals surface area contributed by atoms with Gasteiger partial charge in [0.05, 0.1) is 25.3 Å². The molecule has 1 aromatic carbocycles. The average Bonchev–Trinajstić information content (AvgIpc) is 3.08. The van der Waals surface area contributed by atoms with Gasteiger partial charge in [0.15, 0.2) is 5.15 Å². The van der Waals surface area contributed by atoms with E-state index in [0.717, 1.165) is 54.0 Å². The number of nitrogens with zero attached hydrogens (tertiary/aromatic N) is 3. The summed E-state index contributed by atoms with van der Waals surface area (Å²) in [6.45, 7) is 2.83. The third-order valence-electron chi connectivity index (χ3n) is 5.45. The van der Waals surface area contributed by atoms with Gasteiger partial charge in [0, 0.05) is 23.9 Å². The topological polar surface area (TPSA) is 65.7 Å². The molecule has 0 radical (unpaired) electrons. The highest BCUT2D eigenvalue weighted by Crippen LogP contribution is 2.43. The van der Waals surface area contributed by atoms with Crippen LogP contribution in [0.5, 0.6) is 5.75 Å². The van der Waals surface area contributed by atoms with Crippen LogP contribution in [-0.2, 0) is 9.53 Å². The lowest BCUT2D eigenvalue weighted by Gasteiger charge is -2.32. The predicted octanol–water partition coefficient (Wildman–Crippen LogP) is 4.90. The van der Waals surface area contributed by atoms with Gasteiger partial charge >= 0.3 is 5.97 Å². The summed E-state index contributed by atoms with van der Waals surface area (Å²) in [5, 5.41) is 0.405. The summed E-state index contributed by atoms with van der Waals surface area (Å²) in [4.78, 5) is 20.9. The Morgan fingerprint density at radius 2 is 2.17 bits per heavy atom. The number of halogens is 1. The first-order valence-electron chi connectivity index (χ1n) is 9.95. The van der Waals surface area contributed by atoms with Crippen molar-refractivity contribution in [3.8, 4) is 17.0 Å². The largest absolute Gasteiger partial charge is 0.494 e. The maximum atomic E-state index is 11.8. The van der Waals surface area contributed by atoms with Gasteiger partial charge in [-0.2, -0.15) is 0 Å². The van der Waals surface area contributed by atoms with Gasteiger partial charge in [-0.1, -0.05) is 37.1 Å². The van der Waals surface area contributed by atoms with Gasteiger partial charge in [0.25, 0.3) is 0 Å². The van der Waals surface area contributed by atoms with E-state index < -0.39 is 0 Å². The first-order chi connectivity index (χ1) is 14.1. The number of carbonyl (C=O) groups excluding carboxylic acids is 1. The molecule has 1 aliphatic rings. The first-order valence-corrected chi connectivity index (χ1v) is 10.3. The Morgan fingerprint density at radius 1 is 1.34 bits per heavy atom. The minimum Gasteiger partial charge on any atom is -0.494 e. The van der Waals surface area contributed by atoms with Crippen molar-refractivity contribution in [2.45, 2.75) is 38.5 Å². The molecule has 1 saturated carbocycles. The predicted molar refractivity (Wildman–Crippen MR) is 111 cm³/mol. The van der Waals surface area contributed by atoms with Gasteiger partial charge in [-0.25, -0.2) is 9.97 Å². The molecule has 0 saturated heterocycles. The summed E-state index contributed by atoms with van der Waals surface area (Å²) in [7, 11) is 1.43. The number of aromatic nitrogens is 3. The Kier molecular flexibility index (Phi) is 5.72. The molecular formula is C22H24ClN3O3. The summed E-state index contributed by atoms with van der Waals surface area (Å²) >= 11 is 6.46. The maximum absolute atomic E-state index is 11.8. The van der Waals surface area contributed by atoms with Gasteiger partial charge in [0.2, 0.25) is 0 Å². The minimum absolute atomic E-state index is 0.0617. The Labute approximate surface area is 174 Å². The number of ether oxygens (including phenoxy) is 2. The molecule has 1 aliphatic carbocycles. The Morgan fingerprint density at radius 3 is 2.93 bits per heavy atom. The van der Waals surface area contributed by atoms with Gasteiger partial charge in [-0.05, 0) is 31.4 Å². The van der Waals surface area contributed by atoms with Crippen molar-refractivity contribution in [2.75, 3.05) is 13.7 Å². The monoisotopic (exact) mass is 413 g/mol. The van der Waals surface area contributed by atoms with E-state index in [4.69, 9.17) is 26.1 Å². The molecule has 0 N–H and O–H groups in total. The molecule has 29 heavy (non-hydrogen) atoms. The van der Waals surface area contributed by atoms with Crippen molar-refractivity contribution in [3.05, 3.63) is 47.6 Å². The Hall–Kier alpha value is -2.60. The molecule has 4 rings (SSSR count). The van der Waals surface area contributed by atoms with Crippen LogP contribution in [0, 0.1) is 5.92 Å². The van der Waals surface area contributed by atoms with Crippen LogP contribution >= 0.6 is 11.6 Å². The number of esters is 1. The molecule has 152 valence electrons. The summed E-state index contributed by atoms with van der Waals surface area (Å²) < 4.78 is 12.7. The van der Waals surface area contributed by atoms with Crippen LogP contribution in [0.2, 0.25) is 5.15 Å². The Bertz CT molecular complexity index is 1030. The smallest absolute Gasteiger partial charge is 0.308 e. The number of imidazole rings is 1. The SMILES string of the molecule is CCCCOc1cccc(-c2nc(C3CC(C(=O)OC)C3)n3ccnc(Cl)c23)c1. The van der Waals surface area contributed by atoms with E-state index in [2.05, 4.69) is 11.9 Å². The third kappa shape index (κ3) is 3.81. The van der Waals surface area contributed by atoms with E-state index >= 15 is 0 Å². The average molecular weight is 414 g/mol. The van der Waals surface area contributed by atoms with Crippen LogP contribution in [-0.4, -0.2) is 34.1 Å². The standard InChI is InChI=1S/C22H24ClN3O3/c1-3-4-10-29-17-7-5-6-14(13-17)18-19-20(23)24-8-9-26(19)21(25-18)15-11-16(12-15)22(27)28-2/h5-9,13,15-16H,3-4,10-12H2,1-2H3. The zero-order chi connectivity index (χ0) is 20.4. The highest BCUT2D eigenvalue weighted by Gasteiger charge is 2.39. The lowest BCUT2D eigenvalue weighted by atomic mass is 9.74. The second-order valence-corrected chi connectivity index (χ2v) is 7.73. The van der Waals surface area contributed by atoms with E-state index in [1.807, 2.05) is 34.9 Å². The number of benzene rings is 1. The lowest BCUT2D eigenvalue weighted by Crippen LogP contribution is -2.31. The van der Waals surface area contributed by atoms with Crippen LogP contribution < -0.4 is 4.74 Å². The molecule has 2 heterocycles. The first kappa shape index (κ1) is 19.7. The number of hydrogen-bond acceptors (Lipinski definition) is 5. The normalized spacial score (nSPS) is 18.4. The quantitative estimate of drug-likeness (QED) is 0.407. The number of rotatable bonds is 7. The maximum Gasteiger partial charge on any atom is 0.308 e. The summed E-state index contributed by atoms with van der Waals surface area (Å²) in [5.74, 6) is 1.68. The van der Waals surface area contributed by atoms with Crippen molar-refractivity contribution < 1.29 is 14.3 Å². The molecule has 0 spiro atoms. The summed E-state index contributed by atoms with van der Waals surface area (Å²) in [6.07, 6.45) is 7.10. The number of hydrogen-bond donors (Lipinski definition) is 0. The number of methoxy groups -OCH3 is 1. The van der Waals surface area contributed by atoms with E-state index in [9.17, 15) is 4.79 Å². The fourth-order valence-corrected chi connectivity index (χ4v) is 4.01. The van der Waals surface area contributed by atoms with E-state index in [1.165, 1.54) is 7.11 Å². The molecule has 1 fully saturated rings. The molecule has 0 aliphatic heterocycles. The number of carbonyl (C=O) groups is 1. The zero-order valence-electron chi connectivity index (χ0n) is 16.6. The molecule has 7 heteroatoms. The van der Waals surface area contributed by atoms with Crippen LogP contribution in [0.25, 0.3) is 16.8 Å². The van der Waals surface area contributed by atoms with Gasteiger partial charge in [0.1, 0.15) is 17.1 Å². The van der Waals surface area contributed by atoms with Gasteiger partial charge < -0.3 is 9.47 Å². The molecule has 2 aromatic heterocycles. The van der Waals surface area contributed by atoms with Gasteiger partial charge in [-0.15, -0.1) is 0 Å². The fourth-order valence-electron chi connectivity index (χ4n) is 3.77. The van der Waals surface area contributed by atoms with E-state index in [0.29, 0.717) is 11.8 Å².